The molecule has 8 aromatic rings. The van der Waals surface area contributed by atoms with Gasteiger partial charge in [0.15, 0.2) is 0 Å². The van der Waals surface area contributed by atoms with Crippen LogP contribution in [0.25, 0.3) is 0 Å². The molecule has 8 aromatic heterocycles. The van der Waals surface area contributed by atoms with Gasteiger partial charge in [0, 0.05) is 68.1 Å². The number of hydrogen-bond acceptors (Lipinski definition) is 11. The molecule has 8 nitrogen and oxygen atoms in total. The van der Waals surface area contributed by atoms with E-state index in [-0.39, 0.29) is 0 Å². The predicted octanol–water partition coefficient (Wildman–Crippen LogP) is 13.8. The summed E-state index contributed by atoms with van der Waals surface area (Å²) in [5.74, 6) is 1.66. The fraction of sp³-hybridized carbons (Fsp3) is 0.320. The second-order valence-corrected chi connectivity index (χ2v) is 18.2. The molecule has 0 atom stereocenters. The Kier molecular flexibility index (Phi) is 26.9. The van der Waals surface area contributed by atoms with Crippen LogP contribution in [-0.4, -0.2) is 40.1 Å². The maximum absolute atomic E-state index is 4.08. The molecule has 0 unspecified atom stereocenters. The number of rotatable bonds is 0. The number of nitrogens with zero attached hydrogens (tertiary/aromatic N) is 8. The Morgan fingerprint density at radius 3 is 0.770 bits per heavy atom. The van der Waals surface area contributed by atoms with Crippen molar-refractivity contribution in [3.63, 3.8) is 0 Å². The van der Waals surface area contributed by atoms with Crippen molar-refractivity contribution in [1.82, 2.24) is 40.1 Å². The Hall–Kier alpha value is -5.36. The van der Waals surface area contributed by atoms with Gasteiger partial charge in [0.25, 0.3) is 0 Å². The summed E-state index contributed by atoms with van der Waals surface area (Å²) in [7, 11) is 0. The summed E-state index contributed by atoms with van der Waals surface area (Å²) in [6.45, 7) is 32.3. The largest absolute Gasteiger partial charge is 0.261 e. The van der Waals surface area contributed by atoms with Gasteiger partial charge in [0.1, 0.15) is 11.6 Å². The lowest BCUT2D eigenvalue weighted by Crippen LogP contribution is -1.86. The third-order valence-corrected chi connectivity index (χ3v) is 10.3. The van der Waals surface area contributed by atoms with Crippen LogP contribution < -0.4 is 0 Å². The van der Waals surface area contributed by atoms with E-state index in [0.29, 0.717) is 0 Å². The number of pyridine rings is 2. The molecule has 0 spiro atoms. The Bertz CT molecular complexity index is 1790. The Balaban J connectivity index is 0.000000349. The van der Waals surface area contributed by atoms with Crippen molar-refractivity contribution in [3.05, 3.63) is 196 Å². The van der Waals surface area contributed by atoms with Gasteiger partial charge in [-0.2, -0.15) is 10.2 Å². The normalized spacial score (nSPS) is 9.31. The maximum Gasteiger partial charge on any atom is 0.125 e. The van der Waals surface area contributed by atoms with Gasteiger partial charge >= 0.3 is 0 Å². The van der Waals surface area contributed by atoms with Crippen molar-refractivity contribution in [2.24, 2.45) is 0 Å². The van der Waals surface area contributed by atoms with Crippen molar-refractivity contribution in [3.8, 4) is 0 Å². The molecular weight excluding hydrogens is 809 g/mol. The first-order valence-corrected chi connectivity index (χ1v) is 22.5. The average molecular weight is 875 g/mol. The minimum Gasteiger partial charge on any atom is -0.261 e. The highest BCUT2D eigenvalue weighted by atomic mass is 32.1. The molecule has 0 N–H and O–H groups in total. The van der Waals surface area contributed by atoms with Crippen molar-refractivity contribution in [2.45, 2.75) is 111 Å². The third kappa shape index (κ3) is 29.5. The van der Waals surface area contributed by atoms with E-state index in [1.165, 1.54) is 41.8 Å². The zero-order valence-corrected chi connectivity index (χ0v) is 41.6. The summed E-state index contributed by atoms with van der Waals surface area (Å²) in [4.78, 5) is 29.6. The summed E-state index contributed by atoms with van der Waals surface area (Å²) in [5.41, 5.74) is 11.5. The molecule has 324 valence electrons. The standard InChI is InChI=1S/2C7H9N.3C6H8N2.3C6H8S/c2*1-6-3-4-7(2)8-5-6;2*1-5-3-7-6(2)8-4-5;1-5-3-4-6(2)8-7-5;2*1-5-3-6(2)7-4-5;1-5-3-4-6(2)7-5/h2*3-5H,1-2H3;3*3-4H,1-2H3;3*3-4H,1-2H3. The molecule has 8 rings (SSSR count). The first-order chi connectivity index (χ1) is 28.8. The van der Waals surface area contributed by atoms with Crippen LogP contribution in [0.15, 0.2) is 109 Å². The molecule has 0 saturated carbocycles. The smallest absolute Gasteiger partial charge is 0.125 e. The minimum absolute atomic E-state index is 0.829. The zero-order chi connectivity index (χ0) is 45.7. The van der Waals surface area contributed by atoms with Crippen LogP contribution in [0.5, 0.6) is 0 Å². The van der Waals surface area contributed by atoms with Gasteiger partial charge in [-0.25, -0.2) is 19.9 Å². The molecule has 8 heterocycles. The van der Waals surface area contributed by atoms with Gasteiger partial charge < -0.3 is 0 Å². The van der Waals surface area contributed by atoms with E-state index in [1.54, 1.807) is 22.7 Å². The molecule has 11 heteroatoms. The van der Waals surface area contributed by atoms with Crippen LogP contribution in [0.1, 0.15) is 87.3 Å². The topological polar surface area (TPSA) is 103 Å². The molecule has 61 heavy (non-hydrogen) atoms. The van der Waals surface area contributed by atoms with E-state index in [9.17, 15) is 0 Å². The molecule has 0 radical (unpaired) electrons. The first kappa shape index (κ1) is 53.7. The van der Waals surface area contributed by atoms with Crippen LogP contribution >= 0.6 is 34.0 Å². The predicted molar refractivity (Wildman–Crippen MR) is 263 cm³/mol. The second kappa shape index (κ2) is 30.6. The Labute approximate surface area is 378 Å². The number of thiophene rings is 3. The van der Waals surface area contributed by atoms with E-state index < -0.39 is 0 Å². The SMILES string of the molecule is Cc1ccc(C)nc1.Cc1ccc(C)nc1.Cc1ccc(C)nn1.Cc1ccc(C)s1.Cc1cnc(C)nc1.Cc1cnc(C)nc1.Cc1csc(C)c1.Cc1csc(C)c1. The van der Waals surface area contributed by atoms with E-state index in [4.69, 9.17) is 0 Å². The van der Waals surface area contributed by atoms with Crippen LogP contribution in [0, 0.1) is 111 Å². The molecule has 0 amide bonds. The van der Waals surface area contributed by atoms with E-state index in [2.05, 4.69) is 129 Å². The highest BCUT2D eigenvalue weighted by Crippen LogP contribution is 2.12. The lowest BCUT2D eigenvalue weighted by atomic mass is 10.3. The van der Waals surface area contributed by atoms with Crippen LogP contribution in [-0.2, 0) is 0 Å². The lowest BCUT2D eigenvalue weighted by molar-refractivity contribution is 0.941. The number of aryl methyl sites for hydroxylation is 16. The van der Waals surface area contributed by atoms with Crippen molar-refractivity contribution >= 4 is 34.0 Å². The lowest BCUT2D eigenvalue weighted by Gasteiger charge is -1.89. The fourth-order valence-corrected chi connectivity index (χ4v) is 6.34. The molecule has 0 aliphatic carbocycles. The van der Waals surface area contributed by atoms with Gasteiger partial charge in [-0.05, 0) is 203 Å². The van der Waals surface area contributed by atoms with Gasteiger partial charge in [-0.15, -0.1) is 34.0 Å². The van der Waals surface area contributed by atoms with Crippen molar-refractivity contribution in [1.29, 1.82) is 0 Å². The summed E-state index contributed by atoms with van der Waals surface area (Å²) in [6.07, 6.45) is 11.0. The molecule has 0 aliphatic heterocycles. The molecule has 0 saturated heterocycles. The van der Waals surface area contributed by atoms with Crippen molar-refractivity contribution in [2.75, 3.05) is 0 Å². The van der Waals surface area contributed by atoms with E-state index in [1.807, 2.05) is 142 Å². The van der Waals surface area contributed by atoms with Crippen molar-refractivity contribution < 1.29 is 0 Å². The highest BCUT2D eigenvalue weighted by Gasteiger charge is 1.88. The monoisotopic (exact) mass is 874 g/mol. The van der Waals surface area contributed by atoms with Crippen LogP contribution in [0.4, 0.5) is 0 Å². The second-order valence-electron chi connectivity index (χ2n) is 14.5. The van der Waals surface area contributed by atoms with Gasteiger partial charge in [-0.3, -0.25) is 9.97 Å². The molecule has 0 aromatic carbocycles. The van der Waals surface area contributed by atoms with Gasteiger partial charge in [0.2, 0.25) is 0 Å². The average Bonchev–Trinajstić information content (AvgIpc) is 3.94. The first-order valence-electron chi connectivity index (χ1n) is 19.9. The fourth-order valence-electron chi connectivity index (χ4n) is 4.17. The zero-order valence-electron chi connectivity index (χ0n) is 39.2. The van der Waals surface area contributed by atoms with Crippen LogP contribution in [0.2, 0.25) is 0 Å². The highest BCUT2D eigenvalue weighted by molar-refractivity contribution is 7.11. The molecule has 0 fully saturated rings. The Morgan fingerprint density at radius 1 is 0.295 bits per heavy atom. The molecule has 0 bridgehead atoms. The summed E-state index contributed by atoms with van der Waals surface area (Å²) in [5, 5.41) is 12.0. The molecular formula is C50H66N8S3. The number of aromatic nitrogens is 8. The third-order valence-electron chi connectivity index (χ3n) is 7.47. The quantitative estimate of drug-likeness (QED) is 0.148. The van der Waals surface area contributed by atoms with Gasteiger partial charge in [-0.1, -0.05) is 12.1 Å². The van der Waals surface area contributed by atoms with Crippen LogP contribution in [0.3, 0.4) is 0 Å². The summed E-state index contributed by atoms with van der Waals surface area (Å²) >= 11 is 5.45. The number of hydrogen-bond donors (Lipinski definition) is 0. The Morgan fingerprint density at radius 2 is 0.607 bits per heavy atom. The van der Waals surface area contributed by atoms with Gasteiger partial charge in [0.05, 0.1) is 11.4 Å². The minimum atomic E-state index is 0.829. The van der Waals surface area contributed by atoms with E-state index >= 15 is 0 Å². The summed E-state index contributed by atoms with van der Waals surface area (Å²) < 4.78 is 0. The summed E-state index contributed by atoms with van der Waals surface area (Å²) in [6, 6.07) is 20.7. The molecule has 0 aliphatic rings. The maximum atomic E-state index is 4.08. The van der Waals surface area contributed by atoms with E-state index in [0.717, 1.165) is 45.6 Å².